The van der Waals surface area contributed by atoms with Crippen LogP contribution in [0, 0.1) is 0 Å². The summed E-state index contributed by atoms with van der Waals surface area (Å²) in [6, 6.07) is 24.0. The number of sulfone groups is 2. The molecule has 0 aliphatic heterocycles. The molecule has 0 saturated heterocycles. The van der Waals surface area contributed by atoms with Crippen LogP contribution < -0.4 is 0 Å². The van der Waals surface area contributed by atoms with Crippen molar-refractivity contribution in [2.24, 2.45) is 0 Å². The molecule has 0 aliphatic carbocycles. The van der Waals surface area contributed by atoms with Crippen LogP contribution in [0.1, 0.15) is 0 Å². The molecule has 0 bridgehead atoms. The van der Waals surface area contributed by atoms with E-state index in [9.17, 15) is 21.9 Å². The summed E-state index contributed by atoms with van der Waals surface area (Å²) in [4.78, 5) is -0.332. The number of benzene rings is 4. The van der Waals surface area contributed by atoms with Crippen molar-refractivity contribution in [3.8, 4) is 0 Å². The fourth-order valence-corrected chi connectivity index (χ4v) is 6.92. The molecule has 7 heteroatoms. The highest BCUT2D eigenvalue weighted by Gasteiger charge is 2.27. The van der Waals surface area contributed by atoms with E-state index < -0.39 is 32.0 Å². The molecule has 0 heterocycles. The van der Waals surface area contributed by atoms with Gasteiger partial charge >= 0.3 is 0 Å². The summed E-state index contributed by atoms with van der Waals surface area (Å²) < 4.78 is 52.6. The summed E-state index contributed by atoms with van der Waals surface area (Å²) in [6.45, 7) is -0.588. The van der Waals surface area contributed by atoms with E-state index in [0.29, 0.717) is 0 Å². The molecule has 158 valence electrons. The number of aliphatic hydroxyl groups is 1. The Balaban J connectivity index is 1.74. The van der Waals surface area contributed by atoms with Gasteiger partial charge in [-0.05, 0) is 51.9 Å². The second-order valence-electron chi connectivity index (χ2n) is 7.13. The fraction of sp³-hybridized carbons (Fsp3) is 0.0833. The quantitative estimate of drug-likeness (QED) is 0.475. The molecule has 4 rings (SSSR count). The Morgan fingerprint density at radius 2 is 1.16 bits per heavy atom. The van der Waals surface area contributed by atoms with Crippen molar-refractivity contribution in [1.82, 2.24) is 0 Å². The minimum absolute atomic E-state index is 0.0142. The van der Waals surface area contributed by atoms with E-state index in [-0.39, 0.29) is 14.7 Å². The lowest BCUT2D eigenvalue weighted by Gasteiger charge is -2.12. The van der Waals surface area contributed by atoms with Crippen molar-refractivity contribution in [2.75, 3.05) is 12.4 Å². The molecule has 0 unspecified atom stereocenters. The van der Waals surface area contributed by atoms with Gasteiger partial charge < -0.3 is 5.11 Å². The molecule has 4 aromatic carbocycles. The molecule has 5 nitrogen and oxygen atoms in total. The van der Waals surface area contributed by atoms with Crippen LogP contribution >= 0.6 is 0 Å². The van der Waals surface area contributed by atoms with Crippen LogP contribution in [0.2, 0.25) is 0 Å². The van der Waals surface area contributed by atoms with Gasteiger partial charge in [-0.3, -0.25) is 0 Å². The molecular weight excluding hydrogens is 432 g/mol. The van der Waals surface area contributed by atoms with E-state index in [4.69, 9.17) is 0 Å². The van der Waals surface area contributed by atoms with E-state index in [0.717, 1.165) is 27.6 Å². The third kappa shape index (κ3) is 4.25. The van der Waals surface area contributed by atoms with Gasteiger partial charge in [0.05, 0.1) is 27.1 Å². The van der Waals surface area contributed by atoms with Crippen LogP contribution in [0.25, 0.3) is 21.5 Å². The summed E-state index contributed by atoms with van der Waals surface area (Å²) >= 11 is 0. The lowest BCUT2D eigenvalue weighted by atomic mass is 10.1. The summed E-state index contributed by atoms with van der Waals surface area (Å²) in [5.74, 6) is -0.735. The Morgan fingerprint density at radius 3 is 1.71 bits per heavy atom. The number of hydrogen-bond donors (Lipinski definition) is 1. The van der Waals surface area contributed by atoms with Crippen molar-refractivity contribution < 1.29 is 21.9 Å². The molecule has 0 aliphatic rings. The lowest BCUT2D eigenvalue weighted by molar-refractivity contribution is 0.342. The van der Waals surface area contributed by atoms with E-state index in [1.807, 2.05) is 24.3 Å². The molecule has 0 aromatic heterocycles. The first-order chi connectivity index (χ1) is 14.8. The molecule has 31 heavy (non-hydrogen) atoms. The van der Waals surface area contributed by atoms with Gasteiger partial charge in [-0.2, -0.15) is 0 Å². The number of fused-ring (bicyclic) bond motifs is 2. The molecule has 0 atom stereocenters. The van der Waals surface area contributed by atoms with E-state index in [2.05, 4.69) is 0 Å². The Hall–Kier alpha value is -3.00. The van der Waals surface area contributed by atoms with Crippen LogP contribution in [0.4, 0.5) is 0 Å². The average Bonchev–Trinajstić information content (AvgIpc) is 2.78. The zero-order valence-corrected chi connectivity index (χ0v) is 18.1. The van der Waals surface area contributed by atoms with Crippen LogP contribution in [-0.2, 0) is 19.7 Å². The zero-order chi connectivity index (χ0) is 22.1. The number of aliphatic hydroxyl groups excluding tert-OH is 1. The first-order valence-electron chi connectivity index (χ1n) is 9.57. The van der Waals surface area contributed by atoms with Crippen molar-refractivity contribution in [2.45, 2.75) is 9.79 Å². The van der Waals surface area contributed by atoms with E-state index >= 15 is 0 Å². The molecule has 0 fully saturated rings. The Labute approximate surface area is 181 Å². The maximum absolute atomic E-state index is 13.2. The molecule has 0 amide bonds. The van der Waals surface area contributed by atoms with Gasteiger partial charge in [-0.15, -0.1) is 0 Å². The van der Waals surface area contributed by atoms with E-state index in [1.54, 1.807) is 36.4 Å². The van der Waals surface area contributed by atoms with Crippen molar-refractivity contribution in [3.63, 3.8) is 0 Å². The van der Waals surface area contributed by atoms with Crippen LogP contribution in [-0.4, -0.2) is 34.3 Å². The molecule has 0 spiro atoms. The normalized spacial score (nSPS) is 13.0. The highest BCUT2D eigenvalue weighted by molar-refractivity contribution is 7.98. The second-order valence-corrected chi connectivity index (χ2v) is 11.1. The standard InChI is InChI=1S/C24H20O5S2/c25-14-13-24(31(28,29)23-12-10-19-6-2-4-8-21(19)16-23)17-30(26,27)22-11-9-18-5-1-3-7-20(18)15-22/h1-13,15-16,25H,14,17H2/b24-13-. The average molecular weight is 453 g/mol. The predicted molar refractivity (Wildman–Crippen MR) is 122 cm³/mol. The maximum Gasteiger partial charge on any atom is 0.203 e. The van der Waals surface area contributed by atoms with Gasteiger partial charge in [0.2, 0.25) is 9.84 Å². The monoisotopic (exact) mass is 452 g/mol. The highest BCUT2D eigenvalue weighted by Crippen LogP contribution is 2.27. The summed E-state index contributed by atoms with van der Waals surface area (Å²) in [5.41, 5.74) is 0. The number of hydrogen-bond acceptors (Lipinski definition) is 5. The molecule has 4 aromatic rings. The lowest BCUT2D eigenvalue weighted by Crippen LogP contribution is -2.16. The summed E-state index contributed by atoms with van der Waals surface area (Å²) in [6.07, 6.45) is 1.04. The van der Waals surface area contributed by atoms with Gasteiger partial charge in [0.15, 0.2) is 9.84 Å². The molecule has 0 saturated carbocycles. The predicted octanol–water partition coefficient (Wildman–Crippen LogP) is 4.12. The van der Waals surface area contributed by atoms with Gasteiger partial charge in [-0.25, -0.2) is 16.8 Å². The van der Waals surface area contributed by atoms with Gasteiger partial charge in [0.25, 0.3) is 0 Å². The van der Waals surface area contributed by atoms with Crippen LogP contribution in [0.15, 0.2) is 106 Å². The second kappa shape index (κ2) is 8.26. The van der Waals surface area contributed by atoms with Crippen molar-refractivity contribution in [1.29, 1.82) is 0 Å². The highest BCUT2D eigenvalue weighted by atomic mass is 32.2. The van der Waals surface area contributed by atoms with Gasteiger partial charge in [-0.1, -0.05) is 60.7 Å². The maximum atomic E-state index is 13.2. The minimum atomic E-state index is -4.12. The molecule has 1 N–H and O–H groups in total. The first kappa shape index (κ1) is 21.2. The van der Waals surface area contributed by atoms with E-state index in [1.165, 1.54) is 24.3 Å². The molecular formula is C24H20O5S2. The summed E-state index contributed by atoms with van der Waals surface area (Å²) in [7, 11) is -8.08. The third-order valence-electron chi connectivity index (χ3n) is 5.11. The van der Waals surface area contributed by atoms with Crippen LogP contribution in [0.3, 0.4) is 0 Å². The van der Waals surface area contributed by atoms with Gasteiger partial charge in [0, 0.05) is 0 Å². The topological polar surface area (TPSA) is 88.5 Å². The third-order valence-corrected chi connectivity index (χ3v) is 8.83. The minimum Gasteiger partial charge on any atom is -0.392 e. The summed E-state index contributed by atoms with van der Waals surface area (Å²) in [5, 5.41) is 12.6. The Kier molecular flexibility index (Phi) is 5.66. The van der Waals surface area contributed by atoms with Crippen molar-refractivity contribution >= 4 is 41.2 Å². The Morgan fingerprint density at radius 1 is 0.677 bits per heavy atom. The Bertz CT molecular complexity index is 1520. The fourth-order valence-electron chi connectivity index (χ4n) is 3.47. The zero-order valence-electron chi connectivity index (χ0n) is 16.5. The van der Waals surface area contributed by atoms with Crippen molar-refractivity contribution in [3.05, 3.63) is 95.9 Å². The van der Waals surface area contributed by atoms with Gasteiger partial charge in [0.1, 0.15) is 0 Å². The SMILES string of the molecule is O=S(=O)(C/C(=C/CO)S(=O)(=O)c1ccc2ccccc2c1)c1ccc2ccccc2c1. The largest absolute Gasteiger partial charge is 0.392 e. The first-order valence-corrected chi connectivity index (χ1v) is 12.7. The number of rotatable bonds is 6. The molecule has 0 radical (unpaired) electrons. The van der Waals surface area contributed by atoms with Crippen LogP contribution in [0.5, 0.6) is 0 Å². The smallest absolute Gasteiger partial charge is 0.203 e.